The van der Waals surface area contributed by atoms with Crippen LogP contribution >= 0.6 is 11.6 Å². The number of hydrogen-bond acceptors (Lipinski definition) is 6. The van der Waals surface area contributed by atoms with Crippen LogP contribution in [0, 0.1) is 12.7 Å². The molecule has 8 heteroatoms. The number of halogens is 2. The maximum Gasteiger partial charge on any atom is 0.229 e. The number of anilines is 4. The number of hydrogen-bond donors (Lipinski definition) is 2. The van der Waals surface area contributed by atoms with Gasteiger partial charge in [0.25, 0.3) is 0 Å². The average molecular weight is 387 g/mol. The Balaban J connectivity index is 1.56. The highest BCUT2D eigenvalue weighted by molar-refractivity contribution is 6.31. The van der Waals surface area contributed by atoms with E-state index in [9.17, 15) is 4.39 Å². The van der Waals surface area contributed by atoms with Gasteiger partial charge in [-0.1, -0.05) is 11.6 Å². The van der Waals surface area contributed by atoms with Crippen molar-refractivity contribution in [3.05, 3.63) is 59.0 Å². The summed E-state index contributed by atoms with van der Waals surface area (Å²) in [7, 11) is 0. The van der Waals surface area contributed by atoms with Crippen molar-refractivity contribution in [1.82, 2.24) is 9.97 Å². The fourth-order valence-electron chi connectivity index (χ4n) is 2.66. The summed E-state index contributed by atoms with van der Waals surface area (Å²) in [5.41, 5.74) is 2.17. The quantitative estimate of drug-likeness (QED) is 0.669. The van der Waals surface area contributed by atoms with Crippen LogP contribution in [0.3, 0.4) is 0 Å². The summed E-state index contributed by atoms with van der Waals surface area (Å²) >= 11 is 5.83. The third-order valence-corrected chi connectivity index (χ3v) is 4.13. The van der Waals surface area contributed by atoms with Crippen LogP contribution in [0.1, 0.15) is 5.69 Å². The van der Waals surface area contributed by atoms with Crippen LogP contribution in [0.5, 0.6) is 11.5 Å². The first kappa shape index (κ1) is 17.4. The Kier molecular flexibility index (Phi) is 4.68. The van der Waals surface area contributed by atoms with Crippen LogP contribution < -0.4 is 20.1 Å². The van der Waals surface area contributed by atoms with E-state index in [0.717, 1.165) is 11.4 Å². The largest absolute Gasteiger partial charge is 0.486 e. The smallest absolute Gasteiger partial charge is 0.229 e. The molecule has 0 saturated heterocycles. The lowest BCUT2D eigenvalue weighted by Crippen LogP contribution is -2.15. The Labute approximate surface area is 160 Å². The van der Waals surface area contributed by atoms with Crippen molar-refractivity contribution in [3.63, 3.8) is 0 Å². The fraction of sp³-hybridized carbons (Fsp3) is 0.158. The molecule has 2 N–H and O–H groups in total. The molecule has 3 aromatic rings. The van der Waals surface area contributed by atoms with Gasteiger partial charge < -0.3 is 20.1 Å². The van der Waals surface area contributed by atoms with Crippen molar-refractivity contribution >= 4 is 34.7 Å². The van der Waals surface area contributed by atoms with Crippen LogP contribution in [-0.2, 0) is 0 Å². The predicted octanol–water partition coefficient (Wildman–Crippen LogP) is 4.84. The fourth-order valence-corrected chi connectivity index (χ4v) is 2.84. The van der Waals surface area contributed by atoms with Gasteiger partial charge in [-0.25, -0.2) is 9.37 Å². The Bertz CT molecular complexity index is 999. The highest BCUT2D eigenvalue weighted by Crippen LogP contribution is 2.33. The number of benzene rings is 2. The van der Waals surface area contributed by atoms with Gasteiger partial charge >= 0.3 is 0 Å². The summed E-state index contributed by atoms with van der Waals surface area (Å²) in [4.78, 5) is 8.84. The predicted molar refractivity (Wildman–Crippen MR) is 102 cm³/mol. The molecule has 0 fully saturated rings. The first-order valence-corrected chi connectivity index (χ1v) is 8.69. The first-order chi connectivity index (χ1) is 13.1. The Hall–Kier alpha value is -3.06. The molecule has 1 aliphatic rings. The molecule has 0 unspecified atom stereocenters. The van der Waals surface area contributed by atoms with E-state index in [0.29, 0.717) is 42.2 Å². The van der Waals surface area contributed by atoms with E-state index < -0.39 is 5.82 Å². The minimum Gasteiger partial charge on any atom is -0.486 e. The van der Waals surface area contributed by atoms with Gasteiger partial charge in [0.1, 0.15) is 24.8 Å². The van der Waals surface area contributed by atoms with E-state index in [2.05, 4.69) is 20.6 Å². The molecule has 2 heterocycles. The van der Waals surface area contributed by atoms with E-state index >= 15 is 0 Å². The van der Waals surface area contributed by atoms with Gasteiger partial charge in [-0.15, -0.1) is 0 Å². The van der Waals surface area contributed by atoms with Gasteiger partial charge in [0.15, 0.2) is 11.5 Å². The summed E-state index contributed by atoms with van der Waals surface area (Å²) in [6.45, 7) is 2.92. The zero-order valence-corrected chi connectivity index (χ0v) is 15.2. The van der Waals surface area contributed by atoms with Crippen LogP contribution in [0.2, 0.25) is 5.02 Å². The van der Waals surface area contributed by atoms with Crippen LogP contribution in [-0.4, -0.2) is 23.2 Å². The van der Waals surface area contributed by atoms with Crippen LogP contribution in [0.15, 0.2) is 42.5 Å². The van der Waals surface area contributed by atoms with E-state index in [1.165, 1.54) is 12.1 Å². The molecule has 0 bridgehead atoms. The molecule has 0 saturated carbocycles. The number of nitrogens with one attached hydrogen (secondary N) is 2. The van der Waals surface area contributed by atoms with Crippen LogP contribution in [0.4, 0.5) is 27.5 Å². The SMILES string of the molecule is Cc1cc(Nc2ccc(F)c(Cl)c2)nc(Nc2ccc3c(c2)OCCO3)n1. The van der Waals surface area contributed by atoms with E-state index in [4.69, 9.17) is 21.1 Å². The van der Waals surface area contributed by atoms with Gasteiger partial charge in [-0.3, -0.25) is 0 Å². The molecule has 138 valence electrons. The molecule has 2 aromatic carbocycles. The molecule has 1 aromatic heterocycles. The van der Waals surface area contributed by atoms with Crippen molar-refractivity contribution < 1.29 is 13.9 Å². The van der Waals surface area contributed by atoms with Gasteiger partial charge in [0, 0.05) is 29.2 Å². The van der Waals surface area contributed by atoms with Gasteiger partial charge in [-0.05, 0) is 37.3 Å². The topological polar surface area (TPSA) is 68.3 Å². The monoisotopic (exact) mass is 386 g/mol. The molecular formula is C19H16ClFN4O2. The minimum absolute atomic E-state index is 0.0420. The second kappa shape index (κ2) is 7.28. The summed E-state index contributed by atoms with van der Waals surface area (Å²) in [6.07, 6.45) is 0. The second-order valence-corrected chi connectivity index (χ2v) is 6.36. The molecule has 4 rings (SSSR count). The number of ether oxygens (including phenoxy) is 2. The van der Waals surface area contributed by atoms with Gasteiger partial charge in [0.05, 0.1) is 5.02 Å². The van der Waals surface area contributed by atoms with Crippen molar-refractivity contribution in [2.75, 3.05) is 23.8 Å². The zero-order valence-electron chi connectivity index (χ0n) is 14.4. The molecule has 0 radical (unpaired) electrons. The van der Waals surface area contributed by atoms with Crippen molar-refractivity contribution in [2.45, 2.75) is 6.92 Å². The molecule has 1 aliphatic heterocycles. The van der Waals surface area contributed by atoms with Gasteiger partial charge in [0.2, 0.25) is 5.95 Å². The molecule has 6 nitrogen and oxygen atoms in total. The lowest BCUT2D eigenvalue weighted by atomic mass is 10.2. The van der Waals surface area contributed by atoms with E-state index in [1.54, 1.807) is 12.1 Å². The third-order valence-electron chi connectivity index (χ3n) is 3.84. The number of aryl methyl sites for hydroxylation is 1. The third kappa shape index (κ3) is 4.03. The van der Waals surface area contributed by atoms with E-state index in [1.807, 2.05) is 25.1 Å². The number of nitrogens with zero attached hydrogens (tertiary/aromatic N) is 2. The second-order valence-electron chi connectivity index (χ2n) is 5.96. The first-order valence-electron chi connectivity index (χ1n) is 8.31. The normalized spacial score (nSPS) is 12.6. The zero-order chi connectivity index (χ0) is 18.8. The Morgan fingerprint density at radius 3 is 2.48 bits per heavy atom. The lowest BCUT2D eigenvalue weighted by Gasteiger charge is -2.19. The summed E-state index contributed by atoms with van der Waals surface area (Å²) < 4.78 is 24.4. The number of aromatic nitrogens is 2. The average Bonchev–Trinajstić information content (AvgIpc) is 2.64. The Morgan fingerprint density at radius 1 is 0.926 bits per heavy atom. The van der Waals surface area contributed by atoms with Gasteiger partial charge in [-0.2, -0.15) is 4.98 Å². The minimum atomic E-state index is -0.470. The maximum absolute atomic E-state index is 13.3. The molecule has 0 spiro atoms. The Morgan fingerprint density at radius 2 is 1.67 bits per heavy atom. The molecule has 0 atom stereocenters. The molecule has 0 amide bonds. The highest BCUT2D eigenvalue weighted by Gasteiger charge is 2.12. The number of rotatable bonds is 4. The molecule has 27 heavy (non-hydrogen) atoms. The molecular weight excluding hydrogens is 371 g/mol. The standard InChI is InChI=1S/C19H16ClFN4O2/c1-11-8-18(23-12-2-4-15(21)14(20)9-12)25-19(22-11)24-13-3-5-16-17(10-13)27-7-6-26-16/h2-5,8-10H,6-7H2,1H3,(H2,22,23,24,25). The summed E-state index contributed by atoms with van der Waals surface area (Å²) in [5, 5.41) is 6.30. The summed E-state index contributed by atoms with van der Waals surface area (Å²) in [5.74, 6) is 1.90. The van der Waals surface area contributed by atoms with Crippen LogP contribution in [0.25, 0.3) is 0 Å². The molecule has 0 aliphatic carbocycles. The van der Waals surface area contributed by atoms with Crippen molar-refractivity contribution in [3.8, 4) is 11.5 Å². The maximum atomic E-state index is 13.3. The van der Waals surface area contributed by atoms with E-state index in [-0.39, 0.29) is 5.02 Å². The summed E-state index contributed by atoms with van der Waals surface area (Å²) in [6, 6.07) is 11.7. The van der Waals surface area contributed by atoms with Crippen molar-refractivity contribution in [1.29, 1.82) is 0 Å². The van der Waals surface area contributed by atoms with Crippen molar-refractivity contribution in [2.24, 2.45) is 0 Å². The lowest BCUT2D eigenvalue weighted by molar-refractivity contribution is 0.171. The highest BCUT2D eigenvalue weighted by atomic mass is 35.5. The number of fused-ring (bicyclic) bond motifs is 1.